The number of pyridine rings is 1. The quantitative estimate of drug-likeness (QED) is 0.293. The Bertz CT molecular complexity index is 1090. The summed E-state index contributed by atoms with van der Waals surface area (Å²) in [5, 5.41) is 5.41. The van der Waals surface area contributed by atoms with E-state index in [1.807, 2.05) is 50.3 Å². The van der Waals surface area contributed by atoms with Crippen LogP contribution >= 0.6 is 11.6 Å². The third kappa shape index (κ3) is 8.32. The second-order valence-corrected chi connectivity index (χ2v) is 9.01. The Kier molecular flexibility index (Phi) is 9.68. The molecule has 3 aromatic rings. The van der Waals surface area contributed by atoms with Crippen molar-refractivity contribution in [2.45, 2.75) is 52.1 Å². The van der Waals surface area contributed by atoms with Gasteiger partial charge in [0.25, 0.3) is 0 Å². The molecule has 3 rings (SSSR count). The van der Waals surface area contributed by atoms with Crippen LogP contribution in [0.4, 0.5) is 0 Å². The van der Waals surface area contributed by atoms with Gasteiger partial charge >= 0.3 is 0 Å². The molecule has 0 aliphatic heterocycles. The van der Waals surface area contributed by atoms with Crippen molar-refractivity contribution < 1.29 is 4.79 Å². The number of halogens is 1. The minimum atomic E-state index is -0.148. The number of carbonyl (C=O) groups excluding carboxylic acids is 1. The number of hydrogen-bond donors (Lipinski definition) is 2. The Morgan fingerprint density at radius 3 is 2.53 bits per heavy atom. The molecule has 0 saturated carbocycles. The van der Waals surface area contributed by atoms with Crippen LogP contribution in [0.1, 0.15) is 42.5 Å². The summed E-state index contributed by atoms with van der Waals surface area (Å²) in [4.78, 5) is 16.3. The molecule has 0 bridgehead atoms. The number of nitrogens with zero attached hydrogens (tertiary/aromatic N) is 2. The van der Waals surface area contributed by atoms with Crippen LogP contribution in [0.5, 0.6) is 0 Å². The normalized spacial score (nSPS) is 12.3. The van der Waals surface area contributed by atoms with E-state index < -0.39 is 0 Å². The average molecular weight is 477 g/mol. The summed E-state index contributed by atoms with van der Waals surface area (Å²) in [7, 11) is 0. The summed E-state index contributed by atoms with van der Waals surface area (Å²) in [5.74, 6) is 6.35. The minimum Gasteiger partial charge on any atom is -0.350 e. The first-order valence-corrected chi connectivity index (χ1v) is 12.0. The van der Waals surface area contributed by atoms with Gasteiger partial charge in [-0.1, -0.05) is 48.0 Å². The predicted octanol–water partition coefficient (Wildman–Crippen LogP) is 5.24. The van der Waals surface area contributed by atoms with Crippen LogP contribution in [-0.2, 0) is 30.6 Å². The van der Waals surface area contributed by atoms with E-state index in [0.29, 0.717) is 18.0 Å². The van der Waals surface area contributed by atoms with Gasteiger partial charge in [-0.05, 0) is 85.7 Å². The molecule has 0 aliphatic carbocycles. The third-order valence-corrected chi connectivity index (χ3v) is 5.95. The van der Waals surface area contributed by atoms with E-state index >= 15 is 0 Å². The zero-order chi connectivity index (χ0) is 24.3. The first-order chi connectivity index (χ1) is 16.4. The molecule has 1 unspecified atom stereocenters. The monoisotopic (exact) mass is 476 g/mol. The maximum absolute atomic E-state index is 12.3. The van der Waals surface area contributed by atoms with Gasteiger partial charge < -0.3 is 10.3 Å². The van der Waals surface area contributed by atoms with Gasteiger partial charge in [-0.3, -0.25) is 9.78 Å². The van der Waals surface area contributed by atoms with Crippen LogP contribution in [0.2, 0.25) is 5.02 Å². The van der Waals surface area contributed by atoms with E-state index in [4.69, 9.17) is 17.4 Å². The maximum atomic E-state index is 12.3. The molecule has 1 aromatic heterocycles. The first kappa shape index (κ1) is 25.5. The number of nitrogens with one attached hydrogen (secondary N) is 1. The number of carbonyl (C=O) groups is 1. The summed E-state index contributed by atoms with van der Waals surface area (Å²) in [5.41, 5.74) is 5.53. The van der Waals surface area contributed by atoms with E-state index in [9.17, 15) is 4.79 Å². The molecule has 1 heterocycles. The van der Waals surface area contributed by atoms with Gasteiger partial charge in [0.2, 0.25) is 5.91 Å². The molecule has 3 N–H and O–H groups in total. The van der Waals surface area contributed by atoms with Crippen LogP contribution in [0.15, 0.2) is 84.8 Å². The molecule has 5 nitrogen and oxygen atoms in total. The fourth-order valence-electron chi connectivity index (χ4n) is 3.91. The number of hydrazine groups is 1. The Balaban J connectivity index is 1.56. The molecular formula is C28H33ClN4O. The van der Waals surface area contributed by atoms with Gasteiger partial charge in [-0.25, -0.2) is 5.84 Å². The fourth-order valence-corrected chi connectivity index (χ4v) is 4.11. The van der Waals surface area contributed by atoms with Crippen molar-refractivity contribution in [3.05, 3.63) is 112 Å². The number of rotatable bonds is 11. The molecule has 0 aliphatic rings. The van der Waals surface area contributed by atoms with Gasteiger partial charge in [0.05, 0.1) is 13.0 Å². The zero-order valence-corrected chi connectivity index (χ0v) is 20.6. The fraction of sp³-hybridized carbons (Fsp3) is 0.286. The lowest BCUT2D eigenvalue weighted by Crippen LogP contribution is -2.35. The smallest absolute Gasteiger partial charge is 0.224 e. The molecule has 2 aromatic carbocycles. The molecule has 178 valence electrons. The van der Waals surface area contributed by atoms with E-state index in [0.717, 1.165) is 36.1 Å². The Morgan fingerprint density at radius 1 is 1.06 bits per heavy atom. The second-order valence-electron chi connectivity index (χ2n) is 8.58. The van der Waals surface area contributed by atoms with Crippen LogP contribution in [-0.4, -0.2) is 21.9 Å². The largest absolute Gasteiger partial charge is 0.350 e. The van der Waals surface area contributed by atoms with Crippen molar-refractivity contribution in [3.63, 3.8) is 0 Å². The van der Waals surface area contributed by atoms with Crippen molar-refractivity contribution in [3.8, 4) is 0 Å². The van der Waals surface area contributed by atoms with Gasteiger partial charge in [-0.15, -0.1) is 0 Å². The molecule has 1 atom stereocenters. The highest BCUT2D eigenvalue weighted by molar-refractivity contribution is 6.30. The molecule has 0 saturated heterocycles. The molecule has 0 spiro atoms. The molecule has 6 heteroatoms. The van der Waals surface area contributed by atoms with Gasteiger partial charge in [0.15, 0.2) is 0 Å². The van der Waals surface area contributed by atoms with E-state index in [-0.39, 0.29) is 11.9 Å². The highest BCUT2D eigenvalue weighted by Gasteiger charge is 2.11. The number of nitrogens with two attached hydrogens (primary N) is 1. The van der Waals surface area contributed by atoms with Gasteiger partial charge in [0, 0.05) is 29.2 Å². The number of aromatic nitrogens is 1. The lowest BCUT2D eigenvalue weighted by molar-refractivity contribution is -0.120. The number of hydrogen-bond acceptors (Lipinski definition) is 4. The summed E-state index contributed by atoms with van der Waals surface area (Å²) in [6.07, 6.45) is 8.70. The highest BCUT2D eigenvalue weighted by atomic mass is 35.5. The SMILES string of the molecule is C/C(=C/C(C)NC(=O)Cc1ccncc1)N(N)Cc1cc(Cl)ccc1CCCc1ccccc1. The van der Waals surface area contributed by atoms with E-state index in [1.165, 1.54) is 11.1 Å². The Hall–Kier alpha value is -3.15. The first-order valence-electron chi connectivity index (χ1n) is 11.6. The Morgan fingerprint density at radius 2 is 1.79 bits per heavy atom. The van der Waals surface area contributed by atoms with Crippen LogP contribution < -0.4 is 11.2 Å². The minimum absolute atomic E-state index is 0.0399. The van der Waals surface area contributed by atoms with Crippen LogP contribution in [0, 0.1) is 0 Å². The van der Waals surface area contributed by atoms with Crippen molar-refractivity contribution >= 4 is 17.5 Å². The summed E-state index contributed by atoms with van der Waals surface area (Å²) in [6, 6.07) is 20.1. The topological polar surface area (TPSA) is 71.2 Å². The van der Waals surface area contributed by atoms with E-state index in [1.54, 1.807) is 17.4 Å². The Labute approximate surface area is 207 Å². The number of benzene rings is 2. The predicted molar refractivity (Wildman–Crippen MR) is 139 cm³/mol. The maximum Gasteiger partial charge on any atom is 0.224 e. The summed E-state index contributed by atoms with van der Waals surface area (Å²) in [6.45, 7) is 4.43. The highest BCUT2D eigenvalue weighted by Crippen LogP contribution is 2.21. The van der Waals surface area contributed by atoms with Crippen LogP contribution in [0.25, 0.3) is 0 Å². The lowest BCUT2D eigenvalue weighted by atomic mass is 9.99. The standard InChI is InChI=1S/C28H33ClN4O/c1-21(32-28(34)18-24-13-15-31-16-14-24)17-22(2)33(30)20-26-19-27(29)12-11-25(26)10-6-9-23-7-4-3-5-8-23/h3-5,7-8,11-17,19,21H,6,9-10,18,20,30H2,1-2H3,(H,32,34)/b22-17-. The molecule has 1 amide bonds. The number of amides is 1. The van der Waals surface area contributed by atoms with Crippen molar-refractivity contribution in [2.24, 2.45) is 5.84 Å². The van der Waals surface area contributed by atoms with E-state index in [2.05, 4.69) is 40.6 Å². The zero-order valence-electron chi connectivity index (χ0n) is 19.9. The molecular weight excluding hydrogens is 444 g/mol. The summed E-state index contributed by atoms with van der Waals surface area (Å²) < 4.78 is 0. The second kappa shape index (κ2) is 12.9. The van der Waals surface area contributed by atoms with Gasteiger partial charge in [0.1, 0.15) is 0 Å². The molecule has 34 heavy (non-hydrogen) atoms. The van der Waals surface area contributed by atoms with Crippen molar-refractivity contribution in [1.29, 1.82) is 0 Å². The summed E-state index contributed by atoms with van der Waals surface area (Å²) >= 11 is 6.29. The molecule has 0 radical (unpaired) electrons. The van der Waals surface area contributed by atoms with Crippen LogP contribution in [0.3, 0.4) is 0 Å². The number of aryl methyl sites for hydroxylation is 2. The van der Waals surface area contributed by atoms with Crippen molar-refractivity contribution in [1.82, 2.24) is 15.3 Å². The average Bonchev–Trinajstić information content (AvgIpc) is 2.81. The number of allylic oxidation sites excluding steroid dienone is 1. The lowest BCUT2D eigenvalue weighted by Gasteiger charge is -2.23. The van der Waals surface area contributed by atoms with Crippen molar-refractivity contribution in [2.75, 3.05) is 0 Å². The van der Waals surface area contributed by atoms with Gasteiger partial charge in [-0.2, -0.15) is 0 Å². The molecule has 0 fully saturated rings. The third-order valence-electron chi connectivity index (χ3n) is 5.71.